The van der Waals surface area contributed by atoms with Crippen LogP contribution in [0.3, 0.4) is 0 Å². The zero-order valence-corrected chi connectivity index (χ0v) is 6.65. The van der Waals surface area contributed by atoms with E-state index >= 15 is 0 Å². The van der Waals surface area contributed by atoms with Crippen LogP contribution in [0, 0.1) is 0 Å². The van der Waals surface area contributed by atoms with Crippen molar-refractivity contribution in [1.29, 1.82) is 0 Å². The number of rotatable bonds is 2. The molecular formula is C6H5ClN2O3. The van der Waals surface area contributed by atoms with Gasteiger partial charge in [-0.1, -0.05) is 11.6 Å². The highest BCUT2D eigenvalue weighted by Crippen LogP contribution is 1.96. The topological polar surface area (TPSA) is 72.2 Å². The third-order valence-electron chi connectivity index (χ3n) is 1.15. The molecular weight excluding hydrogens is 184 g/mol. The lowest BCUT2D eigenvalue weighted by Gasteiger charge is -1.98. The molecule has 0 amide bonds. The van der Waals surface area contributed by atoms with Gasteiger partial charge < -0.3 is 5.11 Å². The van der Waals surface area contributed by atoms with Crippen molar-refractivity contribution in [3.63, 3.8) is 0 Å². The smallest absolute Gasteiger partial charge is 0.325 e. The average molecular weight is 189 g/mol. The molecule has 0 bridgehead atoms. The highest BCUT2D eigenvalue weighted by atomic mass is 35.5. The first-order valence-corrected chi connectivity index (χ1v) is 3.42. The normalized spacial score (nSPS) is 9.75. The monoisotopic (exact) mass is 188 g/mol. The van der Waals surface area contributed by atoms with Crippen LogP contribution in [-0.4, -0.2) is 20.9 Å². The zero-order valence-electron chi connectivity index (χ0n) is 5.90. The lowest BCUT2D eigenvalue weighted by Crippen LogP contribution is -2.26. The van der Waals surface area contributed by atoms with Crippen LogP contribution in [0.25, 0.3) is 0 Å². The first kappa shape index (κ1) is 8.73. The van der Waals surface area contributed by atoms with Gasteiger partial charge in [0, 0.05) is 6.20 Å². The van der Waals surface area contributed by atoms with Gasteiger partial charge in [-0.3, -0.25) is 9.59 Å². The van der Waals surface area contributed by atoms with Gasteiger partial charge in [0.15, 0.2) is 0 Å². The summed E-state index contributed by atoms with van der Waals surface area (Å²) in [6.07, 6.45) is 1.27. The fourth-order valence-corrected chi connectivity index (χ4v) is 0.821. The molecule has 0 saturated heterocycles. The summed E-state index contributed by atoms with van der Waals surface area (Å²) in [7, 11) is 0. The Kier molecular flexibility index (Phi) is 2.44. The Balaban J connectivity index is 3.09. The maximum Gasteiger partial charge on any atom is 0.325 e. The Morgan fingerprint density at radius 2 is 2.42 bits per heavy atom. The van der Waals surface area contributed by atoms with E-state index < -0.39 is 18.1 Å². The predicted octanol–water partition coefficient (Wildman–Crippen LogP) is -0.0187. The standard InChI is InChI=1S/C6H5ClN2O3/c7-4-1-2-8-9(6(4)12)3-5(10)11/h1-2H,3H2,(H,10,11). The Morgan fingerprint density at radius 3 is 3.00 bits per heavy atom. The van der Waals surface area contributed by atoms with Crippen LogP contribution in [0.5, 0.6) is 0 Å². The van der Waals surface area contributed by atoms with E-state index in [0.717, 1.165) is 4.68 Å². The van der Waals surface area contributed by atoms with Crippen molar-refractivity contribution in [2.24, 2.45) is 0 Å². The minimum absolute atomic E-state index is 0.0359. The van der Waals surface area contributed by atoms with Crippen LogP contribution in [0.4, 0.5) is 0 Å². The van der Waals surface area contributed by atoms with Crippen molar-refractivity contribution < 1.29 is 9.90 Å². The van der Waals surface area contributed by atoms with Crippen LogP contribution in [0.15, 0.2) is 17.1 Å². The van der Waals surface area contributed by atoms with Crippen molar-refractivity contribution >= 4 is 17.6 Å². The predicted molar refractivity (Wildman–Crippen MR) is 41.1 cm³/mol. The molecule has 64 valence electrons. The van der Waals surface area contributed by atoms with Crippen molar-refractivity contribution in [3.05, 3.63) is 27.6 Å². The van der Waals surface area contributed by atoms with Crippen molar-refractivity contribution in [2.45, 2.75) is 6.54 Å². The first-order valence-electron chi connectivity index (χ1n) is 3.04. The lowest BCUT2D eigenvalue weighted by atomic mass is 10.5. The maximum atomic E-state index is 11.0. The molecule has 1 aromatic rings. The van der Waals surface area contributed by atoms with E-state index in [-0.39, 0.29) is 5.02 Å². The van der Waals surface area contributed by atoms with E-state index in [1.165, 1.54) is 12.3 Å². The molecule has 5 nitrogen and oxygen atoms in total. The molecule has 12 heavy (non-hydrogen) atoms. The molecule has 0 aromatic carbocycles. The van der Waals surface area contributed by atoms with Gasteiger partial charge in [-0.15, -0.1) is 0 Å². The second kappa shape index (κ2) is 3.36. The van der Waals surface area contributed by atoms with Crippen molar-refractivity contribution in [3.8, 4) is 0 Å². The molecule has 0 spiro atoms. The Hall–Kier alpha value is -1.36. The van der Waals surface area contributed by atoms with Gasteiger partial charge in [0.2, 0.25) is 0 Å². The fraction of sp³-hybridized carbons (Fsp3) is 0.167. The Labute approximate surface area is 72.2 Å². The number of nitrogens with zero attached hydrogens (tertiary/aromatic N) is 2. The minimum Gasteiger partial charge on any atom is -0.480 e. The summed E-state index contributed by atoms with van der Waals surface area (Å²) in [6.45, 7) is -0.473. The van der Waals surface area contributed by atoms with Crippen LogP contribution < -0.4 is 5.56 Å². The fourth-order valence-electron chi connectivity index (χ4n) is 0.667. The molecule has 0 atom stereocenters. The van der Waals surface area contributed by atoms with Crippen molar-refractivity contribution in [1.82, 2.24) is 9.78 Å². The second-order valence-corrected chi connectivity index (χ2v) is 2.44. The van der Waals surface area contributed by atoms with E-state index in [4.69, 9.17) is 16.7 Å². The van der Waals surface area contributed by atoms with Gasteiger partial charge in [0.25, 0.3) is 5.56 Å². The summed E-state index contributed by atoms with van der Waals surface area (Å²) in [4.78, 5) is 21.2. The molecule has 1 rings (SSSR count). The molecule has 0 saturated carbocycles. The molecule has 0 aliphatic heterocycles. The summed E-state index contributed by atoms with van der Waals surface area (Å²) in [5, 5.41) is 11.8. The maximum absolute atomic E-state index is 11.0. The van der Waals surface area contributed by atoms with Gasteiger partial charge in [0.05, 0.1) is 0 Å². The minimum atomic E-state index is -1.13. The molecule has 1 N–H and O–H groups in total. The van der Waals surface area contributed by atoms with E-state index in [0.29, 0.717) is 0 Å². The van der Waals surface area contributed by atoms with E-state index in [1.807, 2.05) is 0 Å². The summed E-state index contributed by atoms with van der Waals surface area (Å²) < 4.78 is 0.782. The van der Waals surface area contributed by atoms with Crippen LogP contribution in [-0.2, 0) is 11.3 Å². The first-order chi connectivity index (χ1) is 5.61. The molecule has 0 aliphatic rings. The number of carboxylic acid groups (broad SMARTS) is 1. The lowest BCUT2D eigenvalue weighted by molar-refractivity contribution is -0.138. The van der Waals surface area contributed by atoms with Crippen molar-refractivity contribution in [2.75, 3.05) is 0 Å². The van der Waals surface area contributed by atoms with Gasteiger partial charge in [-0.2, -0.15) is 5.10 Å². The molecule has 0 aliphatic carbocycles. The quantitative estimate of drug-likeness (QED) is 0.708. The number of hydrogen-bond donors (Lipinski definition) is 1. The molecule has 0 unspecified atom stereocenters. The van der Waals surface area contributed by atoms with Crippen LogP contribution >= 0.6 is 11.6 Å². The van der Waals surface area contributed by atoms with Gasteiger partial charge in [0.1, 0.15) is 11.6 Å². The van der Waals surface area contributed by atoms with E-state index in [2.05, 4.69) is 5.10 Å². The third kappa shape index (κ3) is 1.82. The number of hydrogen-bond acceptors (Lipinski definition) is 3. The van der Waals surface area contributed by atoms with E-state index in [9.17, 15) is 9.59 Å². The number of carbonyl (C=O) groups is 1. The molecule has 6 heteroatoms. The van der Waals surface area contributed by atoms with Gasteiger partial charge >= 0.3 is 5.97 Å². The summed E-state index contributed by atoms with van der Waals surface area (Å²) in [6, 6.07) is 1.31. The zero-order chi connectivity index (χ0) is 9.14. The average Bonchev–Trinajstić information content (AvgIpc) is 1.98. The second-order valence-electron chi connectivity index (χ2n) is 2.04. The number of halogens is 1. The molecule has 1 aromatic heterocycles. The van der Waals surface area contributed by atoms with Gasteiger partial charge in [-0.25, -0.2) is 4.68 Å². The molecule has 0 radical (unpaired) electrons. The van der Waals surface area contributed by atoms with Crippen LogP contribution in [0.1, 0.15) is 0 Å². The van der Waals surface area contributed by atoms with Crippen LogP contribution in [0.2, 0.25) is 5.02 Å². The number of carboxylic acids is 1. The Morgan fingerprint density at radius 1 is 1.75 bits per heavy atom. The largest absolute Gasteiger partial charge is 0.480 e. The number of aliphatic carboxylic acids is 1. The van der Waals surface area contributed by atoms with Gasteiger partial charge in [-0.05, 0) is 6.07 Å². The number of aromatic nitrogens is 2. The highest BCUT2D eigenvalue weighted by molar-refractivity contribution is 6.30. The molecule has 1 heterocycles. The summed E-state index contributed by atoms with van der Waals surface area (Å²) >= 11 is 5.43. The van der Waals surface area contributed by atoms with E-state index in [1.54, 1.807) is 0 Å². The summed E-state index contributed by atoms with van der Waals surface area (Å²) in [5.41, 5.74) is -0.596. The highest BCUT2D eigenvalue weighted by Gasteiger charge is 2.04. The SMILES string of the molecule is O=C(O)Cn1nccc(Cl)c1=O. The molecule has 0 fully saturated rings. The summed E-state index contributed by atoms with van der Waals surface area (Å²) in [5.74, 6) is -1.13. The third-order valence-corrected chi connectivity index (χ3v) is 1.44. The Bertz CT molecular complexity index is 360.